The van der Waals surface area contributed by atoms with Crippen molar-refractivity contribution >= 4 is 8.25 Å². The van der Waals surface area contributed by atoms with Gasteiger partial charge in [-0.25, -0.2) is 0 Å². The lowest BCUT2D eigenvalue weighted by molar-refractivity contribution is 0.239. The monoisotopic (exact) mass is 139 g/mol. The lowest BCUT2D eigenvalue weighted by Gasteiger charge is -1.97. The van der Waals surface area contributed by atoms with E-state index in [-0.39, 0.29) is 6.73 Å². The molecule has 0 bridgehead atoms. The first-order valence-corrected chi connectivity index (χ1v) is 3.53. The van der Waals surface area contributed by atoms with Crippen LogP contribution in [-0.4, -0.2) is 13.3 Å². The maximum Gasteiger partial charge on any atom is 0.320 e. The highest BCUT2D eigenvalue weighted by molar-refractivity contribution is 7.33. The lowest BCUT2D eigenvalue weighted by Crippen LogP contribution is -1.99. The Bertz CT molecular complexity index is 68.9. The van der Waals surface area contributed by atoms with E-state index in [1.807, 2.05) is 0 Å². The number of rotatable bonds is 4. The van der Waals surface area contributed by atoms with Gasteiger partial charge in [0.05, 0.1) is 6.61 Å². The van der Waals surface area contributed by atoms with Crippen LogP contribution >= 0.6 is 8.25 Å². The summed E-state index contributed by atoms with van der Waals surface area (Å²) in [5, 5.41) is 0. The maximum absolute atomic E-state index is 10.3. The zero-order valence-corrected chi connectivity index (χ0v) is 5.72. The molecule has 50 valence electrons. The molecule has 0 saturated heterocycles. The normalized spacial score (nSPS) is 13.8. The summed E-state index contributed by atoms with van der Waals surface area (Å²) in [6, 6.07) is 0. The Morgan fingerprint density at radius 3 is 2.62 bits per heavy atom. The van der Waals surface area contributed by atoms with Gasteiger partial charge in [0.2, 0.25) is 0 Å². The summed E-state index contributed by atoms with van der Waals surface area (Å²) in [5.74, 6) is 0. The zero-order valence-electron chi connectivity index (χ0n) is 4.72. The van der Waals surface area contributed by atoms with Crippen molar-refractivity contribution < 1.29 is 13.6 Å². The second kappa shape index (κ2) is 5.25. The van der Waals surface area contributed by atoms with E-state index >= 15 is 0 Å². The molecule has 0 saturated carbocycles. The van der Waals surface area contributed by atoms with Crippen LogP contribution in [0.1, 0.15) is 6.92 Å². The Labute approximate surface area is 48.9 Å². The highest BCUT2D eigenvalue weighted by Gasteiger charge is 1.91. The average Bonchev–Trinajstić information content (AvgIpc) is 1.68. The highest BCUT2D eigenvalue weighted by Crippen LogP contribution is 2.21. The van der Waals surface area contributed by atoms with Crippen LogP contribution in [0.15, 0.2) is 0 Å². The minimum Gasteiger partial charge on any atom is -0.311 e. The number of nitrogens with two attached hydrogens (primary N) is 1. The molecule has 0 spiro atoms. The van der Waals surface area contributed by atoms with Gasteiger partial charge < -0.3 is 10.3 Å². The first-order chi connectivity index (χ1) is 3.81. The summed E-state index contributed by atoms with van der Waals surface area (Å²) in [4.78, 5) is 0. The molecule has 0 aromatic rings. The van der Waals surface area contributed by atoms with Crippen LogP contribution in [0.5, 0.6) is 0 Å². The predicted octanol–water partition coefficient (Wildman–Crippen LogP) is 0.345. The average molecular weight is 139 g/mol. The molecule has 5 heteroatoms. The van der Waals surface area contributed by atoms with Crippen LogP contribution in [0.4, 0.5) is 0 Å². The Hall–Kier alpha value is 0.110. The van der Waals surface area contributed by atoms with E-state index in [2.05, 4.69) is 9.05 Å². The van der Waals surface area contributed by atoms with Crippen molar-refractivity contribution in [3.8, 4) is 0 Å². The third kappa shape index (κ3) is 4.27. The number of hydrogen-bond donors (Lipinski definition) is 1. The van der Waals surface area contributed by atoms with Crippen LogP contribution in [0.25, 0.3) is 0 Å². The topological polar surface area (TPSA) is 61.5 Å². The fourth-order valence-electron chi connectivity index (χ4n) is 0.228. The first-order valence-electron chi connectivity index (χ1n) is 2.31. The third-order valence-electron chi connectivity index (χ3n) is 0.463. The molecule has 0 aliphatic carbocycles. The largest absolute Gasteiger partial charge is 0.320 e. The Kier molecular flexibility index (Phi) is 5.32. The van der Waals surface area contributed by atoms with Crippen LogP contribution in [0.2, 0.25) is 0 Å². The quantitative estimate of drug-likeness (QED) is 0.450. The van der Waals surface area contributed by atoms with E-state index in [0.29, 0.717) is 6.61 Å². The molecule has 0 aliphatic heterocycles. The molecular weight excluding hydrogens is 129 g/mol. The van der Waals surface area contributed by atoms with Gasteiger partial charge in [-0.15, -0.1) is 0 Å². The molecule has 0 radical (unpaired) electrons. The molecule has 0 aromatic carbocycles. The van der Waals surface area contributed by atoms with E-state index in [1.165, 1.54) is 0 Å². The van der Waals surface area contributed by atoms with Gasteiger partial charge in [0.25, 0.3) is 0 Å². The maximum atomic E-state index is 10.3. The van der Waals surface area contributed by atoms with Crippen molar-refractivity contribution in [1.82, 2.24) is 0 Å². The molecule has 1 unspecified atom stereocenters. The Morgan fingerprint density at radius 2 is 2.25 bits per heavy atom. The first kappa shape index (κ1) is 8.11. The van der Waals surface area contributed by atoms with Crippen molar-refractivity contribution in [3.63, 3.8) is 0 Å². The van der Waals surface area contributed by atoms with Crippen molar-refractivity contribution in [2.45, 2.75) is 6.92 Å². The molecule has 0 aliphatic rings. The second-order valence-corrected chi connectivity index (χ2v) is 2.07. The molecule has 0 fully saturated rings. The lowest BCUT2D eigenvalue weighted by atomic mass is 10.9. The molecule has 8 heavy (non-hydrogen) atoms. The molecule has 0 heterocycles. The summed E-state index contributed by atoms with van der Waals surface area (Å²) in [5.41, 5.74) is 4.88. The molecule has 0 amide bonds. The standard InChI is InChI=1S/C3H10NO3P/c1-2-6-8(5)7-3-4/h8H,2-4H2,1H3. The summed E-state index contributed by atoms with van der Waals surface area (Å²) >= 11 is 0. The van der Waals surface area contributed by atoms with E-state index < -0.39 is 8.25 Å². The van der Waals surface area contributed by atoms with Crippen LogP contribution in [-0.2, 0) is 13.6 Å². The molecule has 4 nitrogen and oxygen atoms in total. The zero-order chi connectivity index (χ0) is 6.41. The summed E-state index contributed by atoms with van der Waals surface area (Å²) in [6.45, 7) is 2.10. The van der Waals surface area contributed by atoms with E-state index in [0.717, 1.165) is 0 Å². The minimum atomic E-state index is -2.27. The van der Waals surface area contributed by atoms with E-state index in [1.54, 1.807) is 6.92 Å². The summed E-state index contributed by atoms with van der Waals surface area (Å²) < 4.78 is 19.2. The highest BCUT2D eigenvalue weighted by atomic mass is 31.1. The van der Waals surface area contributed by atoms with E-state index in [9.17, 15) is 4.57 Å². The minimum absolute atomic E-state index is 0.0439. The van der Waals surface area contributed by atoms with Crippen molar-refractivity contribution in [2.24, 2.45) is 5.73 Å². The number of hydrogen-bond acceptors (Lipinski definition) is 4. The van der Waals surface area contributed by atoms with Gasteiger partial charge in [0.15, 0.2) is 0 Å². The van der Waals surface area contributed by atoms with Crippen molar-refractivity contribution in [3.05, 3.63) is 0 Å². The smallest absolute Gasteiger partial charge is 0.311 e. The SMILES string of the molecule is CCO[PH](=O)OCN. The second-order valence-electron chi connectivity index (χ2n) is 0.994. The van der Waals surface area contributed by atoms with E-state index in [4.69, 9.17) is 5.73 Å². The van der Waals surface area contributed by atoms with Gasteiger partial charge in [-0.05, 0) is 6.92 Å². The van der Waals surface area contributed by atoms with Gasteiger partial charge in [0.1, 0.15) is 6.73 Å². The van der Waals surface area contributed by atoms with Crippen LogP contribution < -0.4 is 5.73 Å². The molecule has 0 aromatic heterocycles. The Balaban J connectivity index is 3.06. The van der Waals surface area contributed by atoms with Crippen LogP contribution in [0.3, 0.4) is 0 Å². The fourth-order valence-corrected chi connectivity index (χ4v) is 0.683. The predicted molar refractivity (Wildman–Crippen MR) is 30.8 cm³/mol. The van der Waals surface area contributed by atoms with Gasteiger partial charge in [0, 0.05) is 0 Å². The van der Waals surface area contributed by atoms with Crippen LogP contribution in [0, 0.1) is 0 Å². The Morgan fingerprint density at radius 1 is 1.62 bits per heavy atom. The van der Waals surface area contributed by atoms with Gasteiger partial charge >= 0.3 is 8.25 Å². The van der Waals surface area contributed by atoms with Gasteiger partial charge in [-0.3, -0.25) is 9.09 Å². The fraction of sp³-hybridized carbons (Fsp3) is 1.00. The van der Waals surface area contributed by atoms with Crippen molar-refractivity contribution in [2.75, 3.05) is 13.3 Å². The molecule has 1 atom stereocenters. The van der Waals surface area contributed by atoms with Gasteiger partial charge in [-0.2, -0.15) is 0 Å². The molecular formula is C3H10NO3P. The third-order valence-corrected chi connectivity index (χ3v) is 1.39. The summed E-state index contributed by atoms with van der Waals surface area (Å²) in [7, 11) is -2.27. The van der Waals surface area contributed by atoms with Gasteiger partial charge in [-0.1, -0.05) is 0 Å². The molecule has 0 rings (SSSR count). The summed E-state index contributed by atoms with van der Waals surface area (Å²) in [6.07, 6.45) is 0. The van der Waals surface area contributed by atoms with Crippen molar-refractivity contribution in [1.29, 1.82) is 0 Å². The molecule has 2 N–H and O–H groups in total.